The maximum absolute atomic E-state index is 12.9. The molecule has 0 bridgehead atoms. The zero-order valence-corrected chi connectivity index (χ0v) is 12.1. The van der Waals surface area contributed by atoms with Gasteiger partial charge in [0.2, 0.25) is 0 Å². The van der Waals surface area contributed by atoms with E-state index in [0.717, 1.165) is 24.8 Å². The molecule has 102 valence electrons. The van der Waals surface area contributed by atoms with Gasteiger partial charge in [-0.25, -0.2) is 0 Å². The second-order valence-electron chi connectivity index (χ2n) is 5.93. The molecular weight excluding hydrogens is 244 g/mol. The van der Waals surface area contributed by atoms with Gasteiger partial charge in [-0.15, -0.1) is 0 Å². The van der Waals surface area contributed by atoms with E-state index >= 15 is 0 Å². The Morgan fingerprint density at radius 3 is 2.20 bits per heavy atom. The summed E-state index contributed by atoms with van der Waals surface area (Å²) in [7, 11) is 0. The van der Waals surface area contributed by atoms with E-state index in [9.17, 15) is 4.79 Å². The maximum atomic E-state index is 12.9. The van der Waals surface area contributed by atoms with Gasteiger partial charge in [-0.2, -0.15) is 0 Å². The van der Waals surface area contributed by atoms with Gasteiger partial charge in [-0.1, -0.05) is 55.0 Å². The smallest absolute Gasteiger partial charge is 0.173 e. The molecule has 0 aliphatic heterocycles. The summed E-state index contributed by atoms with van der Waals surface area (Å²) in [6.07, 6.45) is 3.10. The zero-order chi connectivity index (χ0) is 14.2. The Morgan fingerprint density at radius 2 is 1.65 bits per heavy atom. The third-order valence-corrected chi connectivity index (χ3v) is 4.74. The van der Waals surface area contributed by atoms with Crippen LogP contribution in [0.15, 0.2) is 48.5 Å². The molecule has 1 fully saturated rings. The molecule has 2 aromatic rings. The van der Waals surface area contributed by atoms with E-state index in [4.69, 9.17) is 0 Å². The summed E-state index contributed by atoms with van der Waals surface area (Å²) in [6, 6.07) is 16.2. The molecule has 0 saturated heterocycles. The van der Waals surface area contributed by atoms with Crippen molar-refractivity contribution in [1.82, 2.24) is 0 Å². The van der Waals surface area contributed by atoms with Crippen LogP contribution in [0.4, 0.5) is 0 Å². The maximum Gasteiger partial charge on any atom is 0.173 e. The third-order valence-electron chi connectivity index (χ3n) is 4.74. The monoisotopic (exact) mass is 264 g/mol. The fraction of sp³-hybridized carbons (Fsp3) is 0.316. The highest BCUT2D eigenvalue weighted by molar-refractivity contribution is 6.04. The van der Waals surface area contributed by atoms with Crippen LogP contribution in [-0.2, 0) is 5.41 Å². The Morgan fingerprint density at radius 1 is 0.950 bits per heavy atom. The quantitative estimate of drug-likeness (QED) is 0.740. The first-order valence-electron chi connectivity index (χ1n) is 7.31. The first kappa shape index (κ1) is 13.1. The number of carbonyl (C=O) groups is 1. The van der Waals surface area contributed by atoms with Gasteiger partial charge < -0.3 is 0 Å². The number of hydrogen-bond donors (Lipinski definition) is 0. The van der Waals surface area contributed by atoms with Gasteiger partial charge in [0.15, 0.2) is 5.78 Å². The molecule has 1 heteroatoms. The van der Waals surface area contributed by atoms with Crippen LogP contribution in [0.2, 0.25) is 0 Å². The van der Waals surface area contributed by atoms with Gasteiger partial charge in [0.05, 0.1) is 5.41 Å². The lowest BCUT2D eigenvalue weighted by Gasteiger charge is -2.41. The molecule has 0 N–H and O–H groups in total. The second kappa shape index (κ2) is 4.90. The van der Waals surface area contributed by atoms with Gasteiger partial charge in [-0.05, 0) is 43.4 Å². The van der Waals surface area contributed by atoms with Gasteiger partial charge in [-0.3, -0.25) is 4.79 Å². The first-order valence-corrected chi connectivity index (χ1v) is 7.31. The van der Waals surface area contributed by atoms with Gasteiger partial charge in [0, 0.05) is 5.56 Å². The number of Topliss-reactive ketones (excluding diaryl/α,β-unsaturated/α-hetero) is 1. The van der Waals surface area contributed by atoms with E-state index in [1.165, 1.54) is 16.7 Å². The van der Waals surface area contributed by atoms with Crippen molar-refractivity contribution >= 4 is 5.78 Å². The Bertz CT molecular complexity index is 636. The number of hydrogen-bond acceptors (Lipinski definition) is 1. The Hall–Kier alpha value is -1.89. The van der Waals surface area contributed by atoms with Crippen LogP contribution >= 0.6 is 0 Å². The fourth-order valence-corrected chi connectivity index (χ4v) is 3.08. The van der Waals surface area contributed by atoms with Crippen molar-refractivity contribution in [2.24, 2.45) is 0 Å². The summed E-state index contributed by atoms with van der Waals surface area (Å²) in [5.41, 5.74) is 4.32. The van der Waals surface area contributed by atoms with Crippen molar-refractivity contribution in [1.29, 1.82) is 0 Å². The fourth-order valence-electron chi connectivity index (χ4n) is 3.08. The standard InChI is InChI=1S/C19H20O/c1-14-9-10-17(13-15(14)2)19(11-6-12-19)18(20)16-7-4-3-5-8-16/h3-5,7-10,13H,6,11-12H2,1-2H3. The third kappa shape index (κ3) is 1.98. The summed E-state index contributed by atoms with van der Waals surface area (Å²) in [5, 5.41) is 0. The second-order valence-corrected chi connectivity index (χ2v) is 5.93. The van der Waals surface area contributed by atoms with Crippen LogP contribution in [0, 0.1) is 13.8 Å². The highest BCUT2D eigenvalue weighted by Gasteiger charge is 2.45. The molecule has 2 aromatic carbocycles. The van der Waals surface area contributed by atoms with Crippen molar-refractivity contribution in [2.75, 3.05) is 0 Å². The number of rotatable bonds is 3. The molecule has 1 nitrogen and oxygen atoms in total. The van der Waals surface area contributed by atoms with Crippen molar-refractivity contribution in [2.45, 2.75) is 38.5 Å². The molecule has 0 amide bonds. The highest BCUT2D eigenvalue weighted by atomic mass is 16.1. The van der Waals surface area contributed by atoms with Crippen molar-refractivity contribution in [3.63, 3.8) is 0 Å². The van der Waals surface area contributed by atoms with Gasteiger partial charge >= 0.3 is 0 Å². The molecule has 0 unspecified atom stereocenters. The van der Waals surface area contributed by atoms with E-state index in [2.05, 4.69) is 32.0 Å². The normalized spacial score (nSPS) is 16.5. The number of benzene rings is 2. The Kier molecular flexibility index (Phi) is 3.21. The van der Waals surface area contributed by atoms with Gasteiger partial charge in [0.25, 0.3) is 0 Å². The first-order chi connectivity index (χ1) is 9.63. The SMILES string of the molecule is Cc1ccc(C2(C(=O)c3ccccc3)CCC2)cc1C. The van der Waals surface area contributed by atoms with E-state index in [0.29, 0.717) is 0 Å². The molecule has 1 saturated carbocycles. The zero-order valence-electron chi connectivity index (χ0n) is 12.1. The average molecular weight is 264 g/mol. The molecule has 1 aliphatic rings. The van der Waals surface area contributed by atoms with Crippen molar-refractivity contribution in [3.05, 3.63) is 70.8 Å². The van der Waals surface area contributed by atoms with Crippen LogP contribution in [-0.4, -0.2) is 5.78 Å². The minimum atomic E-state index is -0.278. The van der Waals surface area contributed by atoms with Crippen molar-refractivity contribution < 1.29 is 4.79 Å². The molecule has 0 radical (unpaired) electrons. The van der Waals surface area contributed by atoms with Gasteiger partial charge in [0.1, 0.15) is 0 Å². The molecule has 0 heterocycles. The predicted molar refractivity (Wildman–Crippen MR) is 82.2 cm³/mol. The van der Waals surface area contributed by atoms with Crippen LogP contribution in [0.3, 0.4) is 0 Å². The molecule has 0 aromatic heterocycles. The summed E-state index contributed by atoms with van der Waals surface area (Å²) >= 11 is 0. The minimum Gasteiger partial charge on any atom is -0.293 e. The number of carbonyl (C=O) groups excluding carboxylic acids is 1. The average Bonchev–Trinajstić information content (AvgIpc) is 2.42. The molecule has 3 rings (SSSR count). The topological polar surface area (TPSA) is 17.1 Å². The van der Waals surface area contributed by atoms with E-state index in [1.54, 1.807) is 0 Å². The summed E-state index contributed by atoms with van der Waals surface area (Å²) in [6.45, 7) is 4.24. The largest absolute Gasteiger partial charge is 0.293 e. The number of ketones is 1. The molecule has 0 atom stereocenters. The van der Waals surface area contributed by atoms with E-state index < -0.39 is 0 Å². The Labute approximate surface area is 120 Å². The summed E-state index contributed by atoms with van der Waals surface area (Å²) < 4.78 is 0. The lowest BCUT2D eigenvalue weighted by atomic mass is 9.60. The van der Waals surface area contributed by atoms with E-state index in [-0.39, 0.29) is 11.2 Å². The van der Waals surface area contributed by atoms with Crippen LogP contribution < -0.4 is 0 Å². The lowest BCUT2D eigenvalue weighted by molar-refractivity contribution is 0.0789. The minimum absolute atomic E-state index is 0.278. The van der Waals surface area contributed by atoms with Crippen LogP contribution in [0.5, 0.6) is 0 Å². The molecular formula is C19H20O. The van der Waals surface area contributed by atoms with Crippen LogP contribution in [0.1, 0.15) is 46.3 Å². The summed E-state index contributed by atoms with van der Waals surface area (Å²) in [4.78, 5) is 12.9. The molecule has 20 heavy (non-hydrogen) atoms. The Balaban J connectivity index is 2.03. The highest BCUT2D eigenvalue weighted by Crippen LogP contribution is 2.46. The lowest BCUT2D eigenvalue weighted by Crippen LogP contribution is -2.42. The summed E-state index contributed by atoms with van der Waals surface area (Å²) in [5.74, 6) is 0.285. The van der Waals surface area contributed by atoms with E-state index in [1.807, 2.05) is 30.3 Å². The van der Waals surface area contributed by atoms with Crippen molar-refractivity contribution in [3.8, 4) is 0 Å². The molecule has 1 aliphatic carbocycles. The predicted octanol–water partition coefficient (Wildman–Crippen LogP) is 4.61. The molecule has 0 spiro atoms. The van der Waals surface area contributed by atoms with Crippen LogP contribution in [0.25, 0.3) is 0 Å². The number of aryl methyl sites for hydroxylation is 2.